The van der Waals surface area contributed by atoms with Crippen molar-refractivity contribution in [3.63, 3.8) is 0 Å². The number of hydrogen-bond donors (Lipinski definition) is 1. The van der Waals surface area contributed by atoms with Crippen LogP contribution in [0.25, 0.3) is 0 Å². The van der Waals surface area contributed by atoms with Gasteiger partial charge in [0.05, 0.1) is 6.54 Å². The Bertz CT molecular complexity index is 344. The molecule has 0 aliphatic carbocycles. The molecule has 1 heterocycles. The summed E-state index contributed by atoms with van der Waals surface area (Å²) in [6.45, 7) is 3.13. The number of alkyl halides is 2. The molecular weight excluding hydrogens is 224 g/mol. The predicted octanol–water partition coefficient (Wildman–Crippen LogP) is 2.68. The van der Waals surface area contributed by atoms with Crippen LogP contribution in [0.5, 0.6) is 0 Å². The van der Waals surface area contributed by atoms with Gasteiger partial charge in [-0.15, -0.1) is 0 Å². The molecule has 1 rings (SSSR count). The van der Waals surface area contributed by atoms with Crippen molar-refractivity contribution in [2.75, 3.05) is 11.9 Å². The van der Waals surface area contributed by atoms with Crippen molar-refractivity contribution in [2.45, 2.75) is 26.7 Å². The van der Waals surface area contributed by atoms with E-state index in [2.05, 4.69) is 15.3 Å². The highest BCUT2D eigenvalue weighted by Gasteiger charge is 2.10. The van der Waals surface area contributed by atoms with Crippen LogP contribution in [0.3, 0.4) is 0 Å². The summed E-state index contributed by atoms with van der Waals surface area (Å²) in [5, 5.41) is 2.85. The zero-order valence-corrected chi connectivity index (χ0v) is 9.28. The minimum absolute atomic E-state index is 0.304. The van der Waals surface area contributed by atoms with Gasteiger partial charge in [-0.25, -0.2) is 18.7 Å². The third-order valence-corrected chi connectivity index (χ3v) is 2.24. The molecule has 1 aromatic rings. The van der Waals surface area contributed by atoms with Crippen molar-refractivity contribution in [2.24, 2.45) is 0 Å². The number of hydrogen-bond acceptors (Lipinski definition) is 3. The maximum atomic E-state index is 12.0. The largest absolute Gasteiger partial charge is 0.364 e. The molecule has 0 aliphatic rings. The highest BCUT2D eigenvalue weighted by Crippen LogP contribution is 2.20. The first kappa shape index (κ1) is 12.1. The molecule has 15 heavy (non-hydrogen) atoms. The van der Waals surface area contributed by atoms with E-state index >= 15 is 0 Å². The maximum absolute atomic E-state index is 12.0. The first-order valence-corrected chi connectivity index (χ1v) is 4.97. The van der Waals surface area contributed by atoms with E-state index in [4.69, 9.17) is 11.6 Å². The van der Waals surface area contributed by atoms with Crippen LogP contribution in [0.15, 0.2) is 0 Å². The Morgan fingerprint density at radius 2 is 2.07 bits per heavy atom. The number of rotatable bonds is 4. The summed E-state index contributed by atoms with van der Waals surface area (Å²) in [7, 11) is 0. The Hall–Kier alpha value is -0.970. The second-order valence-corrected chi connectivity index (χ2v) is 3.39. The molecule has 0 unspecified atom stereocenters. The van der Waals surface area contributed by atoms with E-state index in [0.29, 0.717) is 28.8 Å². The number of nitrogens with one attached hydrogen (secondary N) is 1. The number of nitrogens with zero attached hydrogens (tertiary/aromatic N) is 2. The van der Waals surface area contributed by atoms with E-state index < -0.39 is 13.0 Å². The third kappa shape index (κ3) is 3.27. The number of aryl methyl sites for hydroxylation is 1. The molecule has 0 atom stereocenters. The fourth-order valence-corrected chi connectivity index (χ4v) is 1.22. The lowest BCUT2D eigenvalue weighted by molar-refractivity contribution is 0.163. The Balaban J connectivity index is 2.90. The molecule has 0 saturated carbocycles. The van der Waals surface area contributed by atoms with Gasteiger partial charge in [0.1, 0.15) is 16.8 Å². The van der Waals surface area contributed by atoms with Gasteiger partial charge in [-0.05, 0) is 6.92 Å². The molecule has 0 bridgehead atoms. The van der Waals surface area contributed by atoms with Gasteiger partial charge in [-0.1, -0.05) is 18.5 Å². The van der Waals surface area contributed by atoms with Gasteiger partial charge < -0.3 is 5.32 Å². The van der Waals surface area contributed by atoms with Crippen LogP contribution in [0.4, 0.5) is 14.6 Å². The SMILES string of the molecule is CCc1nc(Cl)c(C)c(NCC(F)F)n1. The second kappa shape index (κ2) is 5.21. The summed E-state index contributed by atoms with van der Waals surface area (Å²) < 4.78 is 24.0. The zero-order chi connectivity index (χ0) is 11.4. The lowest BCUT2D eigenvalue weighted by Crippen LogP contribution is -2.13. The van der Waals surface area contributed by atoms with Crippen LogP contribution in [0.1, 0.15) is 18.3 Å². The summed E-state index contributed by atoms with van der Waals surface area (Å²) in [6.07, 6.45) is -1.80. The standard InChI is InChI=1S/C9H12ClF2N3/c1-3-7-14-8(10)5(2)9(15-7)13-4-6(11)12/h6H,3-4H2,1-2H3,(H,13,14,15). The average Bonchev–Trinajstić information content (AvgIpc) is 2.19. The van der Waals surface area contributed by atoms with E-state index in [0.717, 1.165) is 0 Å². The molecule has 0 radical (unpaired) electrons. The van der Waals surface area contributed by atoms with Gasteiger partial charge in [0.25, 0.3) is 6.43 Å². The molecule has 3 nitrogen and oxygen atoms in total. The third-order valence-electron chi connectivity index (χ3n) is 1.87. The zero-order valence-electron chi connectivity index (χ0n) is 8.52. The minimum Gasteiger partial charge on any atom is -0.364 e. The molecule has 1 N–H and O–H groups in total. The molecule has 84 valence electrons. The van der Waals surface area contributed by atoms with Gasteiger partial charge >= 0.3 is 0 Å². The molecule has 0 amide bonds. The molecule has 6 heteroatoms. The topological polar surface area (TPSA) is 37.8 Å². The number of anilines is 1. The first-order chi connectivity index (χ1) is 7.04. The Morgan fingerprint density at radius 3 is 2.60 bits per heavy atom. The summed E-state index contributed by atoms with van der Waals surface area (Å²) in [5.41, 5.74) is 0.592. The van der Waals surface area contributed by atoms with Gasteiger partial charge in [-0.2, -0.15) is 0 Å². The fourth-order valence-electron chi connectivity index (χ4n) is 1.04. The van der Waals surface area contributed by atoms with Crippen molar-refractivity contribution in [1.29, 1.82) is 0 Å². The van der Waals surface area contributed by atoms with E-state index in [1.54, 1.807) is 6.92 Å². The summed E-state index contributed by atoms with van der Waals surface area (Å²) in [4.78, 5) is 8.09. The molecule has 0 fully saturated rings. The molecule has 0 saturated heterocycles. The van der Waals surface area contributed by atoms with Gasteiger partial charge in [0.2, 0.25) is 0 Å². The lowest BCUT2D eigenvalue weighted by Gasteiger charge is -2.10. The smallest absolute Gasteiger partial charge is 0.255 e. The lowest BCUT2D eigenvalue weighted by atomic mass is 10.3. The Kier molecular flexibility index (Phi) is 4.20. The monoisotopic (exact) mass is 235 g/mol. The van der Waals surface area contributed by atoms with Crippen molar-refractivity contribution in [1.82, 2.24) is 9.97 Å². The van der Waals surface area contributed by atoms with Gasteiger partial charge in [-0.3, -0.25) is 0 Å². The predicted molar refractivity (Wildman–Crippen MR) is 55.7 cm³/mol. The maximum Gasteiger partial charge on any atom is 0.255 e. The van der Waals surface area contributed by atoms with Gasteiger partial charge in [0, 0.05) is 12.0 Å². The van der Waals surface area contributed by atoms with E-state index in [1.807, 2.05) is 6.92 Å². The van der Waals surface area contributed by atoms with E-state index in [-0.39, 0.29) is 0 Å². The van der Waals surface area contributed by atoms with Gasteiger partial charge in [0.15, 0.2) is 0 Å². The highest BCUT2D eigenvalue weighted by molar-refractivity contribution is 6.30. The number of halogens is 3. The summed E-state index contributed by atoms with van der Waals surface area (Å²) in [6, 6.07) is 0. The normalized spacial score (nSPS) is 10.8. The fraction of sp³-hybridized carbons (Fsp3) is 0.556. The van der Waals surface area contributed by atoms with E-state index in [1.165, 1.54) is 0 Å². The Labute approximate surface area is 91.9 Å². The molecule has 0 aliphatic heterocycles. The Morgan fingerprint density at radius 1 is 1.40 bits per heavy atom. The van der Waals surface area contributed by atoms with Crippen LogP contribution in [0.2, 0.25) is 5.15 Å². The van der Waals surface area contributed by atoms with Crippen LogP contribution < -0.4 is 5.32 Å². The highest BCUT2D eigenvalue weighted by atomic mass is 35.5. The average molecular weight is 236 g/mol. The van der Waals surface area contributed by atoms with Crippen LogP contribution in [-0.4, -0.2) is 22.9 Å². The second-order valence-electron chi connectivity index (χ2n) is 3.03. The van der Waals surface area contributed by atoms with Crippen LogP contribution in [0, 0.1) is 6.92 Å². The summed E-state index contributed by atoms with van der Waals surface area (Å²) in [5.74, 6) is 0.925. The van der Waals surface area contributed by atoms with Crippen molar-refractivity contribution < 1.29 is 8.78 Å². The quantitative estimate of drug-likeness (QED) is 0.816. The minimum atomic E-state index is -2.41. The van der Waals surface area contributed by atoms with Crippen molar-refractivity contribution in [3.05, 3.63) is 16.5 Å². The van der Waals surface area contributed by atoms with Crippen molar-refractivity contribution >= 4 is 17.4 Å². The molecule has 1 aromatic heterocycles. The molecule has 0 spiro atoms. The van der Waals surface area contributed by atoms with E-state index in [9.17, 15) is 8.78 Å². The number of aromatic nitrogens is 2. The first-order valence-electron chi connectivity index (χ1n) is 4.59. The molecule has 0 aromatic carbocycles. The summed E-state index contributed by atoms with van der Waals surface area (Å²) >= 11 is 5.83. The van der Waals surface area contributed by atoms with Crippen molar-refractivity contribution in [3.8, 4) is 0 Å². The van der Waals surface area contributed by atoms with Crippen LogP contribution >= 0.6 is 11.6 Å². The van der Waals surface area contributed by atoms with Crippen LogP contribution in [-0.2, 0) is 6.42 Å². The molecular formula is C9H12ClF2N3.